The first-order valence-corrected chi connectivity index (χ1v) is 6.79. The Morgan fingerprint density at radius 2 is 2.21 bits per heavy atom. The second-order valence-electron chi connectivity index (χ2n) is 3.54. The summed E-state index contributed by atoms with van der Waals surface area (Å²) in [7, 11) is 0. The second-order valence-corrected chi connectivity index (χ2v) is 5.56. The molecule has 0 radical (unpaired) electrons. The number of halogens is 2. The third-order valence-corrected chi connectivity index (χ3v) is 3.33. The summed E-state index contributed by atoms with van der Waals surface area (Å²) in [4.78, 5) is 11.6. The lowest BCUT2D eigenvalue weighted by molar-refractivity contribution is -0.118. The molecule has 2 rings (SSSR count). The lowest BCUT2D eigenvalue weighted by Crippen LogP contribution is -2.20. The van der Waals surface area contributed by atoms with Crippen molar-refractivity contribution in [3.8, 4) is 5.75 Å². The van der Waals surface area contributed by atoms with Crippen molar-refractivity contribution in [2.24, 2.45) is 0 Å². The van der Waals surface area contributed by atoms with Crippen LogP contribution in [0.15, 0.2) is 18.2 Å². The van der Waals surface area contributed by atoms with Gasteiger partial charge in [-0.3, -0.25) is 10.1 Å². The maximum Gasteiger partial charge on any atom is 0.264 e. The van der Waals surface area contributed by atoms with Crippen LogP contribution in [-0.2, 0) is 4.79 Å². The van der Waals surface area contributed by atoms with Crippen LogP contribution in [0.3, 0.4) is 0 Å². The Morgan fingerprint density at radius 3 is 2.89 bits per heavy atom. The first-order chi connectivity index (χ1) is 9.04. The zero-order valence-electron chi connectivity index (χ0n) is 9.81. The van der Waals surface area contributed by atoms with Gasteiger partial charge in [0.05, 0.1) is 5.02 Å². The Kier molecular flexibility index (Phi) is 4.57. The Hall–Kier alpha value is -1.37. The van der Waals surface area contributed by atoms with Crippen molar-refractivity contribution in [3.05, 3.63) is 33.3 Å². The van der Waals surface area contributed by atoms with E-state index >= 15 is 0 Å². The molecule has 1 heterocycles. The normalized spacial score (nSPS) is 10.3. The van der Waals surface area contributed by atoms with Gasteiger partial charge in [-0.25, -0.2) is 0 Å². The highest BCUT2D eigenvalue weighted by molar-refractivity contribution is 7.15. The monoisotopic (exact) mass is 317 g/mol. The molecule has 0 fully saturated rings. The number of hydrogen-bond donors (Lipinski definition) is 1. The third kappa shape index (κ3) is 4.05. The SMILES string of the molecule is Cc1nnc(NC(=O)COc2cc(Cl)ccc2Cl)s1. The molecule has 8 heteroatoms. The van der Waals surface area contributed by atoms with Crippen LogP contribution in [0.5, 0.6) is 5.75 Å². The summed E-state index contributed by atoms with van der Waals surface area (Å²) in [6.07, 6.45) is 0. The molecule has 2 aromatic rings. The first kappa shape index (κ1) is 14.0. The van der Waals surface area contributed by atoms with Crippen LogP contribution in [0, 0.1) is 6.92 Å². The van der Waals surface area contributed by atoms with Gasteiger partial charge in [0.2, 0.25) is 5.13 Å². The molecule has 0 saturated heterocycles. The van der Waals surface area contributed by atoms with Crippen molar-refractivity contribution in [1.29, 1.82) is 0 Å². The molecule has 5 nitrogen and oxygen atoms in total. The number of carbonyl (C=O) groups excluding carboxylic acids is 1. The summed E-state index contributed by atoms with van der Waals surface area (Å²) in [5.41, 5.74) is 0. The van der Waals surface area contributed by atoms with Gasteiger partial charge >= 0.3 is 0 Å². The van der Waals surface area contributed by atoms with Crippen LogP contribution in [0.2, 0.25) is 10.0 Å². The molecule has 0 atom stereocenters. The van der Waals surface area contributed by atoms with Crippen molar-refractivity contribution < 1.29 is 9.53 Å². The molecule has 0 aliphatic carbocycles. The van der Waals surface area contributed by atoms with Crippen LogP contribution in [0.25, 0.3) is 0 Å². The molecule has 0 aliphatic heterocycles. The smallest absolute Gasteiger partial charge is 0.264 e. The minimum Gasteiger partial charge on any atom is -0.482 e. The minimum atomic E-state index is -0.341. The van der Waals surface area contributed by atoms with Crippen LogP contribution < -0.4 is 10.1 Å². The predicted octanol–water partition coefficient (Wildman–Crippen LogP) is 3.17. The summed E-state index contributed by atoms with van der Waals surface area (Å²) < 4.78 is 5.29. The molecule has 19 heavy (non-hydrogen) atoms. The van der Waals surface area contributed by atoms with Gasteiger partial charge in [-0.2, -0.15) is 0 Å². The number of amides is 1. The number of ether oxygens (including phenoxy) is 1. The zero-order valence-corrected chi connectivity index (χ0v) is 12.1. The fourth-order valence-electron chi connectivity index (χ4n) is 1.23. The maximum atomic E-state index is 11.6. The highest BCUT2D eigenvalue weighted by Crippen LogP contribution is 2.27. The molecular formula is C11H9Cl2N3O2S. The van der Waals surface area contributed by atoms with E-state index in [1.54, 1.807) is 25.1 Å². The molecule has 1 N–H and O–H groups in total. The topological polar surface area (TPSA) is 64.1 Å². The number of hydrogen-bond acceptors (Lipinski definition) is 5. The largest absolute Gasteiger partial charge is 0.482 e. The molecule has 100 valence electrons. The highest BCUT2D eigenvalue weighted by Gasteiger charge is 2.09. The van der Waals surface area contributed by atoms with E-state index in [4.69, 9.17) is 27.9 Å². The molecule has 0 saturated carbocycles. The quantitative estimate of drug-likeness (QED) is 0.940. The summed E-state index contributed by atoms with van der Waals surface area (Å²) in [5.74, 6) is 0.0185. The predicted molar refractivity (Wildman–Crippen MR) is 75.2 cm³/mol. The molecule has 1 aromatic carbocycles. The van der Waals surface area contributed by atoms with Gasteiger partial charge < -0.3 is 4.74 Å². The summed E-state index contributed by atoms with van der Waals surface area (Å²) >= 11 is 13.0. The van der Waals surface area contributed by atoms with E-state index in [0.717, 1.165) is 5.01 Å². The summed E-state index contributed by atoms with van der Waals surface area (Å²) in [6, 6.07) is 4.79. The van der Waals surface area contributed by atoms with Crippen LogP contribution in [0.1, 0.15) is 5.01 Å². The van der Waals surface area contributed by atoms with E-state index in [-0.39, 0.29) is 12.5 Å². The number of rotatable bonds is 4. The second kappa shape index (κ2) is 6.18. The molecule has 0 aliphatic rings. The number of anilines is 1. The Bertz CT molecular complexity index is 603. The first-order valence-electron chi connectivity index (χ1n) is 5.22. The van der Waals surface area contributed by atoms with Crippen molar-refractivity contribution in [3.63, 3.8) is 0 Å². The van der Waals surface area contributed by atoms with Gasteiger partial charge in [-0.15, -0.1) is 10.2 Å². The van der Waals surface area contributed by atoms with Gasteiger partial charge in [-0.1, -0.05) is 34.5 Å². The highest BCUT2D eigenvalue weighted by atomic mass is 35.5. The zero-order chi connectivity index (χ0) is 13.8. The van der Waals surface area contributed by atoms with Gasteiger partial charge in [0.1, 0.15) is 10.8 Å². The van der Waals surface area contributed by atoms with Crippen molar-refractivity contribution in [1.82, 2.24) is 10.2 Å². The lowest BCUT2D eigenvalue weighted by Gasteiger charge is -2.07. The Morgan fingerprint density at radius 1 is 1.42 bits per heavy atom. The van der Waals surface area contributed by atoms with Gasteiger partial charge in [0.25, 0.3) is 5.91 Å². The third-order valence-electron chi connectivity index (χ3n) is 2.02. The van der Waals surface area contributed by atoms with Crippen molar-refractivity contribution in [2.45, 2.75) is 6.92 Å². The lowest BCUT2D eigenvalue weighted by atomic mass is 10.3. The maximum absolute atomic E-state index is 11.6. The molecule has 0 bridgehead atoms. The fourth-order valence-corrected chi connectivity index (χ4v) is 2.18. The van der Waals surface area contributed by atoms with Gasteiger partial charge in [0.15, 0.2) is 6.61 Å². The number of nitrogens with one attached hydrogen (secondary N) is 1. The van der Waals surface area contributed by atoms with Crippen molar-refractivity contribution in [2.75, 3.05) is 11.9 Å². The number of aromatic nitrogens is 2. The van der Waals surface area contributed by atoms with E-state index in [0.29, 0.717) is 20.9 Å². The van der Waals surface area contributed by atoms with Crippen LogP contribution in [-0.4, -0.2) is 22.7 Å². The summed E-state index contributed by atoms with van der Waals surface area (Å²) in [5, 5.41) is 12.2. The van der Waals surface area contributed by atoms with E-state index < -0.39 is 0 Å². The number of nitrogens with zero attached hydrogens (tertiary/aromatic N) is 2. The molecule has 1 amide bonds. The number of benzene rings is 1. The Balaban J connectivity index is 1.91. The van der Waals surface area contributed by atoms with E-state index in [1.165, 1.54) is 11.3 Å². The van der Waals surface area contributed by atoms with Crippen molar-refractivity contribution >= 4 is 45.6 Å². The number of carbonyl (C=O) groups is 1. The molecular weight excluding hydrogens is 309 g/mol. The van der Waals surface area contributed by atoms with E-state index in [1.807, 2.05) is 0 Å². The van der Waals surface area contributed by atoms with Crippen LogP contribution >= 0.6 is 34.5 Å². The van der Waals surface area contributed by atoms with E-state index in [2.05, 4.69) is 15.5 Å². The molecule has 0 spiro atoms. The average Bonchev–Trinajstić information content (AvgIpc) is 2.76. The molecule has 0 unspecified atom stereocenters. The number of aryl methyl sites for hydroxylation is 1. The minimum absolute atomic E-state index is 0.182. The fraction of sp³-hybridized carbons (Fsp3) is 0.182. The van der Waals surface area contributed by atoms with E-state index in [9.17, 15) is 4.79 Å². The summed E-state index contributed by atoms with van der Waals surface area (Å²) in [6.45, 7) is 1.62. The average molecular weight is 318 g/mol. The standard InChI is InChI=1S/C11H9Cl2N3O2S/c1-6-15-16-11(19-6)14-10(17)5-18-9-4-7(12)2-3-8(9)13/h2-4H,5H2,1H3,(H,14,16,17). The Labute approximate surface area is 123 Å². The van der Waals surface area contributed by atoms with Gasteiger partial charge in [0, 0.05) is 11.1 Å². The molecule has 1 aromatic heterocycles. The van der Waals surface area contributed by atoms with Gasteiger partial charge in [-0.05, 0) is 19.1 Å². The van der Waals surface area contributed by atoms with Crippen LogP contribution in [0.4, 0.5) is 5.13 Å².